The second-order valence-corrected chi connectivity index (χ2v) is 2.87. The number of rotatable bonds is 0. The molecule has 12 heavy (non-hydrogen) atoms. The Balaban J connectivity index is 2.53. The van der Waals surface area contributed by atoms with Gasteiger partial charge in [-0.05, 0) is 0 Å². The van der Waals surface area contributed by atoms with Gasteiger partial charge in [-0.25, -0.2) is 5.84 Å². The van der Waals surface area contributed by atoms with Crippen molar-refractivity contribution in [1.29, 1.82) is 0 Å². The molecule has 0 aromatic heterocycles. The van der Waals surface area contributed by atoms with Crippen molar-refractivity contribution in [3.8, 4) is 0 Å². The first-order chi connectivity index (χ1) is 5.75. The zero-order valence-electron chi connectivity index (χ0n) is 7.75. The number of nitrogens with zero attached hydrogens (tertiary/aromatic N) is 3. The third-order valence-corrected chi connectivity index (χ3v) is 1.92. The number of hydrazine groups is 1. The lowest BCUT2D eigenvalue weighted by Gasteiger charge is -2.32. The van der Waals surface area contributed by atoms with Gasteiger partial charge in [-0.3, -0.25) is 10.0 Å². The number of nitrogens with one attached hydrogen (secondary N) is 1. The molecule has 5 nitrogen and oxygen atoms in total. The standard InChI is InChI=1S/C7H17N5/c1-9-7(11(2)8)12-5-3-10-4-6-12/h10H,3-6,8H2,1-2H3. The van der Waals surface area contributed by atoms with Crippen LogP contribution < -0.4 is 11.2 Å². The Morgan fingerprint density at radius 3 is 2.50 bits per heavy atom. The van der Waals surface area contributed by atoms with E-state index in [-0.39, 0.29) is 0 Å². The molecule has 0 saturated carbocycles. The van der Waals surface area contributed by atoms with Gasteiger partial charge in [0.05, 0.1) is 0 Å². The van der Waals surface area contributed by atoms with Gasteiger partial charge in [-0.15, -0.1) is 0 Å². The Bertz CT molecular complexity index is 159. The Morgan fingerprint density at radius 1 is 1.50 bits per heavy atom. The summed E-state index contributed by atoms with van der Waals surface area (Å²) in [5.41, 5.74) is 0. The van der Waals surface area contributed by atoms with E-state index in [2.05, 4.69) is 15.2 Å². The van der Waals surface area contributed by atoms with Crippen LogP contribution in [0.3, 0.4) is 0 Å². The molecule has 0 aliphatic carbocycles. The molecule has 1 rings (SSSR count). The highest BCUT2D eigenvalue weighted by Crippen LogP contribution is 1.95. The third kappa shape index (κ3) is 2.09. The molecule has 1 fully saturated rings. The van der Waals surface area contributed by atoms with Crippen LogP contribution in [0.4, 0.5) is 0 Å². The fraction of sp³-hybridized carbons (Fsp3) is 0.857. The first-order valence-electron chi connectivity index (χ1n) is 4.16. The summed E-state index contributed by atoms with van der Waals surface area (Å²) in [6.07, 6.45) is 0. The fourth-order valence-electron chi connectivity index (χ4n) is 1.39. The van der Waals surface area contributed by atoms with Crippen LogP contribution in [0.15, 0.2) is 4.99 Å². The summed E-state index contributed by atoms with van der Waals surface area (Å²) >= 11 is 0. The maximum atomic E-state index is 5.62. The third-order valence-electron chi connectivity index (χ3n) is 1.92. The van der Waals surface area contributed by atoms with Crippen molar-refractivity contribution >= 4 is 5.96 Å². The minimum Gasteiger partial charge on any atom is -0.339 e. The van der Waals surface area contributed by atoms with E-state index in [1.165, 1.54) is 0 Å². The predicted octanol–water partition coefficient (Wildman–Crippen LogP) is -1.32. The Kier molecular flexibility index (Phi) is 3.31. The first-order valence-corrected chi connectivity index (χ1v) is 4.16. The molecule has 1 aliphatic heterocycles. The molecule has 1 saturated heterocycles. The summed E-state index contributed by atoms with van der Waals surface area (Å²) in [5.74, 6) is 6.48. The van der Waals surface area contributed by atoms with Crippen LogP contribution in [0.2, 0.25) is 0 Å². The van der Waals surface area contributed by atoms with Gasteiger partial charge in [0.2, 0.25) is 5.96 Å². The second kappa shape index (κ2) is 4.27. The number of nitrogens with two attached hydrogens (primary N) is 1. The van der Waals surface area contributed by atoms with Crippen LogP contribution in [0.1, 0.15) is 0 Å². The zero-order chi connectivity index (χ0) is 8.97. The fourth-order valence-corrected chi connectivity index (χ4v) is 1.39. The van der Waals surface area contributed by atoms with E-state index in [9.17, 15) is 0 Å². The predicted molar refractivity (Wildman–Crippen MR) is 49.8 cm³/mol. The van der Waals surface area contributed by atoms with Crippen molar-refractivity contribution in [3.05, 3.63) is 0 Å². The first kappa shape index (κ1) is 9.28. The minimum atomic E-state index is 0.858. The normalized spacial score (nSPS) is 19.6. The van der Waals surface area contributed by atoms with Crippen molar-refractivity contribution in [1.82, 2.24) is 15.2 Å². The highest BCUT2D eigenvalue weighted by Gasteiger charge is 2.14. The molecule has 0 radical (unpaired) electrons. The Labute approximate surface area is 73.2 Å². The van der Waals surface area contributed by atoms with E-state index in [4.69, 9.17) is 5.84 Å². The van der Waals surface area contributed by atoms with E-state index in [0.717, 1.165) is 32.1 Å². The molecule has 0 unspecified atom stereocenters. The van der Waals surface area contributed by atoms with Crippen LogP contribution in [-0.2, 0) is 0 Å². The Morgan fingerprint density at radius 2 is 2.08 bits per heavy atom. The smallest absolute Gasteiger partial charge is 0.210 e. The summed E-state index contributed by atoms with van der Waals surface area (Å²) in [6, 6.07) is 0. The van der Waals surface area contributed by atoms with E-state index in [1.807, 2.05) is 7.05 Å². The molecule has 0 aromatic rings. The van der Waals surface area contributed by atoms with Crippen LogP contribution in [0.25, 0.3) is 0 Å². The van der Waals surface area contributed by atoms with E-state index < -0.39 is 0 Å². The van der Waals surface area contributed by atoms with Gasteiger partial charge >= 0.3 is 0 Å². The van der Waals surface area contributed by atoms with Gasteiger partial charge in [0, 0.05) is 40.3 Å². The lowest BCUT2D eigenvalue weighted by atomic mass is 10.4. The monoisotopic (exact) mass is 171 g/mol. The van der Waals surface area contributed by atoms with Crippen molar-refractivity contribution < 1.29 is 0 Å². The summed E-state index contributed by atoms with van der Waals surface area (Å²) < 4.78 is 0. The summed E-state index contributed by atoms with van der Waals surface area (Å²) in [4.78, 5) is 6.30. The molecule has 0 amide bonds. The van der Waals surface area contributed by atoms with Gasteiger partial charge < -0.3 is 10.2 Å². The summed E-state index contributed by atoms with van der Waals surface area (Å²) in [7, 11) is 3.57. The number of aliphatic imine (C=N–C) groups is 1. The Hall–Kier alpha value is -0.810. The van der Waals surface area contributed by atoms with Crippen molar-refractivity contribution in [3.63, 3.8) is 0 Å². The quantitative estimate of drug-likeness (QED) is 0.205. The van der Waals surface area contributed by atoms with Crippen LogP contribution in [0.5, 0.6) is 0 Å². The molecule has 1 aliphatic rings. The zero-order valence-corrected chi connectivity index (χ0v) is 7.75. The topological polar surface area (TPSA) is 56.9 Å². The molecular formula is C7H17N5. The molecule has 0 aromatic carbocycles. The lowest BCUT2D eigenvalue weighted by molar-refractivity contribution is 0.311. The van der Waals surface area contributed by atoms with Crippen LogP contribution >= 0.6 is 0 Å². The van der Waals surface area contributed by atoms with Gasteiger partial charge in [-0.1, -0.05) is 0 Å². The average Bonchev–Trinajstić information content (AvgIpc) is 2.07. The number of guanidine groups is 1. The summed E-state index contributed by atoms with van der Waals surface area (Å²) in [6.45, 7) is 3.97. The van der Waals surface area contributed by atoms with E-state index >= 15 is 0 Å². The lowest BCUT2D eigenvalue weighted by Crippen LogP contribution is -2.53. The van der Waals surface area contributed by atoms with Gasteiger partial charge in [-0.2, -0.15) is 0 Å². The molecule has 0 atom stereocenters. The van der Waals surface area contributed by atoms with Crippen LogP contribution in [0, 0.1) is 0 Å². The highest BCUT2D eigenvalue weighted by molar-refractivity contribution is 5.79. The molecule has 1 heterocycles. The number of hydrogen-bond acceptors (Lipinski definition) is 3. The highest BCUT2D eigenvalue weighted by atomic mass is 15.5. The van der Waals surface area contributed by atoms with Crippen LogP contribution in [-0.4, -0.2) is 56.1 Å². The maximum absolute atomic E-state index is 5.62. The number of piperazine rings is 1. The second-order valence-electron chi connectivity index (χ2n) is 2.87. The van der Waals surface area contributed by atoms with Crippen molar-refractivity contribution in [2.45, 2.75) is 0 Å². The SMILES string of the molecule is CN=C(N(C)N)N1CCNCC1. The van der Waals surface area contributed by atoms with Gasteiger partial charge in [0.25, 0.3) is 0 Å². The van der Waals surface area contributed by atoms with Crippen molar-refractivity contribution in [2.75, 3.05) is 40.3 Å². The van der Waals surface area contributed by atoms with E-state index in [0.29, 0.717) is 0 Å². The molecule has 70 valence electrons. The van der Waals surface area contributed by atoms with E-state index in [1.54, 1.807) is 12.1 Å². The number of hydrogen-bond donors (Lipinski definition) is 2. The van der Waals surface area contributed by atoms with Crippen molar-refractivity contribution in [2.24, 2.45) is 10.8 Å². The summed E-state index contributed by atoms with van der Waals surface area (Å²) in [5, 5.41) is 4.84. The largest absolute Gasteiger partial charge is 0.339 e. The average molecular weight is 171 g/mol. The molecule has 5 heteroatoms. The molecule has 0 bridgehead atoms. The molecule has 3 N–H and O–H groups in total. The maximum Gasteiger partial charge on any atom is 0.210 e. The van der Waals surface area contributed by atoms with Gasteiger partial charge in [0.1, 0.15) is 0 Å². The minimum absolute atomic E-state index is 0.858. The molecular weight excluding hydrogens is 154 g/mol. The molecule has 0 spiro atoms. The van der Waals surface area contributed by atoms with Gasteiger partial charge in [0.15, 0.2) is 0 Å².